The molecule has 5 nitrogen and oxygen atoms in total. The van der Waals surface area contributed by atoms with Crippen LogP contribution in [0.5, 0.6) is 0 Å². The van der Waals surface area contributed by atoms with Crippen molar-refractivity contribution in [2.45, 2.75) is 51.0 Å². The van der Waals surface area contributed by atoms with Crippen LogP contribution >= 0.6 is 0 Å². The van der Waals surface area contributed by atoms with E-state index in [0.29, 0.717) is 12.6 Å². The van der Waals surface area contributed by atoms with E-state index in [1.165, 1.54) is 52.1 Å². The number of hydrogen-bond donors (Lipinski definition) is 2. The van der Waals surface area contributed by atoms with Gasteiger partial charge in [0, 0.05) is 0 Å². The van der Waals surface area contributed by atoms with Crippen molar-refractivity contribution in [2.75, 3.05) is 13.7 Å². The lowest BCUT2D eigenvalue weighted by atomic mass is 9.97. The molecule has 3 N–H and O–H groups in total. The maximum atomic E-state index is 11.4. The Morgan fingerprint density at radius 3 is 2.35 bits per heavy atom. The Morgan fingerprint density at radius 2 is 1.76 bits per heavy atom. The van der Waals surface area contributed by atoms with Crippen LogP contribution in [0.15, 0.2) is 0 Å². The maximum absolute atomic E-state index is 11.4. The number of rotatable bonds is 3. The Labute approximate surface area is 102 Å². The number of nitrogens with one attached hydrogen (secondary N) is 1. The number of methoxy groups -OCH3 is 1. The highest BCUT2D eigenvalue weighted by Crippen LogP contribution is 2.14. The van der Waals surface area contributed by atoms with Crippen molar-refractivity contribution in [3.05, 3.63) is 0 Å². The lowest BCUT2D eigenvalue weighted by molar-refractivity contribution is -0.680. The lowest BCUT2D eigenvalue weighted by Gasteiger charge is -2.17. The van der Waals surface area contributed by atoms with Gasteiger partial charge < -0.3 is 10.1 Å². The number of alkyl carbamates (subject to hydrolysis) is 1. The molecule has 0 spiro atoms. The molecule has 98 valence electrons. The summed E-state index contributed by atoms with van der Waals surface area (Å²) in [6.45, 7) is 0.305. The number of ether oxygens (including phenoxy) is 1. The van der Waals surface area contributed by atoms with Crippen LogP contribution in [-0.4, -0.2) is 31.7 Å². The summed E-state index contributed by atoms with van der Waals surface area (Å²) in [5.74, 6) is -0.279. The molecule has 0 aromatic rings. The Bertz CT molecular complexity index is 248. The predicted molar refractivity (Wildman–Crippen MR) is 63.4 cm³/mol. The van der Waals surface area contributed by atoms with Gasteiger partial charge >= 0.3 is 6.09 Å². The molecule has 0 aromatic heterocycles. The van der Waals surface area contributed by atoms with Gasteiger partial charge in [-0.3, -0.25) is 10.1 Å². The monoisotopic (exact) mass is 243 g/mol. The zero-order valence-electron chi connectivity index (χ0n) is 10.5. The Hall–Kier alpha value is -1.10. The third-order valence-electron chi connectivity index (χ3n) is 3.21. The molecule has 1 aliphatic carbocycles. The Kier molecular flexibility index (Phi) is 6.62. The molecule has 0 unspecified atom stereocenters. The van der Waals surface area contributed by atoms with Gasteiger partial charge in [-0.15, -0.1) is 0 Å². The summed E-state index contributed by atoms with van der Waals surface area (Å²) in [6.07, 6.45) is 8.12. The number of nitrogens with two attached hydrogens (primary N) is 1. The van der Waals surface area contributed by atoms with E-state index in [1.54, 1.807) is 0 Å². The van der Waals surface area contributed by atoms with Crippen molar-refractivity contribution in [1.82, 2.24) is 5.32 Å². The summed E-state index contributed by atoms with van der Waals surface area (Å²) in [6, 6.07) is 0.527. The number of imide groups is 1. The number of quaternary nitrogens is 1. The zero-order chi connectivity index (χ0) is 12.5. The van der Waals surface area contributed by atoms with Crippen LogP contribution < -0.4 is 10.6 Å². The fraction of sp³-hybridized carbons (Fsp3) is 0.833. The first-order valence-corrected chi connectivity index (χ1v) is 6.43. The molecule has 1 aliphatic rings. The highest BCUT2D eigenvalue weighted by Gasteiger charge is 2.16. The Morgan fingerprint density at radius 1 is 1.18 bits per heavy atom. The van der Waals surface area contributed by atoms with Gasteiger partial charge in [-0.05, 0) is 25.7 Å². The highest BCUT2D eigenvalue weighted by atomic mass is 16.5. The third kappa shape index (κ3) is 6.26. The van der Waals surface area contributed by atoms with Gasteiger partial charge in [-0.1, -0.05) is 19.3 Å². The molecule has 0 aliphatic heterocycles. The van der Waals surface area contributed by atoms with Crippen molar-refractivity contribution < 1.29 is 19.6 Å². The van der Waals surface area contributed by atoms with Gasteiger partial charge in [0.15, 0.2) is 6.54 Å². The summed E-state index contributed by atoms with van der Waals surface area (Å²) in [5.41, 5.74) is 0. The predicted octanol–water partition coefficient (Wildman–Crippen LogP) is 0.545. The first-order valence-electron chi connectivity index (χ1n) is 6.43. The van der Waals surface area contributed by atoms with Crippen LogP contribution in [0.25, 0.3) is 0 Å². The van der Waals surface area contributed by atoms with Gasteiger partial charge in [-0.25, -0.2) is 4.79 Å². The highest BCUT2D eigenvalue weighted by molar-refractivity contribution is 5.92. The molecule has 1 saturated carbocycles. The van der Waals surface area contributed by atoms with Crippen LogP contribution in [0, 0.1) is 0 Å². The van der Waals surface area contributed by atoms with Gasteiger partial charge in [0.05, 0.1) is 13.2 Å². The minimum Gasteiger partial charge on any atom is -0.453 e. The molecule has 0 heterocycles. The SMILES string of the molecule is COC(=O)NC(=O)C[NH2+]C1CCCCCCC1. The van der Waals surface area contributed by atoms with Gasteiger partial charge in [0.25, 0.3) is 5.91 Å². The fourth-order valence-corrected chi connectivity index (χ4v) is 2.21. The van der Waals surface area contributed by atoms with Crippen molar-refractivity contribution in [2.24, 2.45) is 0 Å². The van der Waals surface area contributed by atoms with E-state index in [9.17, 15) is 9.59 Å². The summed E-state index contributed by atoms with van der Waals surface area (Å²) in [4.78, 5) is 22.2. The second kappa shape index (κ2) is 8.06. The van der Waals surface area contributed by atoms with Crippen LogP contribution in [0.3, 0.4) is 0 Å². The average molecular weight is 243 g/mol. The third-order valence-corrected chi connectivity index (χ3v) is 3.21. The zero-order valence-corrected chi connectivity index (χ0v) is 10.5. The fourth-order valence-electron chi connectivity index (χ4n) is 2.21. The first kappa shape index (κ1) is 14.0. The van der Waals surface area contributed by atoms with E-state index < -0.39 is 6.09 Å². The summed E-state index contributed by atoms with van der Waals surface area (Å²) >= 11 is 0. The van der Waals surface area contributed by atoms with E-state index >= 15 is 0 Å². The Balaban J connectivity index is 2.18. The molecule has 0 radical (unpaired) electrons. The normalized spacial score (nSPS) is 17.9. The van der Waals surface area contributed by atoms with Crippen LogP contribution in [0.4, 0.5) is 4.79 Å². The molecule has 1 fully saturated rings. The summed E-state index contributed by atoms with van der Waals surface area (Å²) in [7, 11) is 1.25. The van der Waals surface area contributed by atoms with Crippen molar-refractivity contribution in [3.8, 4) is 0 Å². The van der Waals surface area contributed by atoms with Crippen molar-refractivity contribution in [1.29, 1.82) is 0 Å². The number of hydrogen-bond acceptors (Lipinski definition) is 3. The molecule has 17 heavy (non-hydrogen) atoms. The molecule has 0 bridgehead atoms. The van der Waals surface area contributed by atoms with Crippen molar-refractivity contribution >= 4 is 12.0 Å². The number of carbonyl (C=O) groups is 2. The van der Waals surface area contributed by atoms with Crippen LogP contribution in [-0.2, 0) is 9.53 Å². The first-order chi connectivity index (χ1) is 8.22. The molecule has 1 rings (SSSR count). The maximum Gasteiger partial charge on any atom is 0.413 e. The largest absolute Gasteiger partial charge is 0.453 e. The second-order valence-electron chi connectivity index (χ2n) is 4.58. The molecule has 5 heteroatoms. The molecule has 0 saturated heterocycles. The smallest absolute Gasteiger partial charge is 0.413 e. The van der Waals surface area contributed by atoms with Crippen LogP contribution in [0.1, 0.15) is 44.9 Å². The quantitative estimate of drug-likeness (QED) is 0.760. The summed E-state index contributed by atoms with van der Waals surface area (Å²) in [5, 5.41) is 4.21. The minimum atomic E-state index is -0.680. The van der Waals surface area contributed by atoms with Gasteiger partial charge in [0.2, 0.25) is 0 Å². The van der Waals surface area contributed by atoms with Gasteiger partial charge in [0.1, 0.15) is 0 Å². The topological polar surface area (TPSA) is 72.0 Å². The lowest BCUT2D eigenvalue weighted by Crippen LogP contribution is -2.92. The van der Waals surface area contributed by atoms with E-state index in [0.717, 1.165) is 0 Å². The average Bonchev–Trinajstić information content (AvgIpc) is 2.27. The van der Waals surface area contributed by atoms with E-state index in [-0.39, 0.29) is 5.91 Å². The standard InChI is InChI=1S/C12H22N2O3/c1-17-12(16)14-11(15)9-13-10-7-5-3-2-4-6-8-10/h10,13H,2-9H2,1H3,(H,14,15,16)/p+1. The molecule has 0 atom stereocenters. The van der Waals surface area contributed by atoms with Crippen molar-refractivity contribution in [3.63, 3.8) is 0 Å². The van der Waals surface area contributed by atoms with E-state index in [2.05, 4.69) is 10.1 Å². The summed E-state index contributed by atoms with van der Waals surface area (Å²) < 4.78 is 4.36. The minimum absolute atomic E-state index is 0.279. The number of amides is 2. The van der Waals surface area contributed by atoms with E-state index in [4.69, 9.17) is 0 Å². The molecule has 0 aromatic carbocycles. The molecule has 2 amide bonds. The van der Waals surface area contributed by atoms with E-state index in [1.807, 2.05) is 5.32 Å². The second-order valence-corrected chi connectivity index (χ2v) is 4.58. The van der Waals surface area contributed by atoms with Gasteiger partial charge in [-0.2, -0.15) is 0 Å². The number of carbonyl (C=O) groups excluding carboxylic acids is 2. The van der Waals surface area contributed by atoms with Crippen LogP contribution in [0.2, 0.25) is 0 Å². The molecular weight excluding hydrogens is 220 g/mol. The molecular formula is C12H23N2O3+.